The molecule has 140 valence electrons. The lowest BCUT2D eigenvalue weighted by Gasteiger charge is -2.14. The Morgan fingerprint density at radius 1 is 1.26 bits per heavy atom. The Morgan fingerprint density at radius 2 is 2.00 bits per heavy atom. The number of aliphatic hydroxyl groups is 1. The fourth-order valence-electron chi connectivity index (χ4n) is 2.54. The second-order valence-corrected chi connectivity index (χ2v) is 5.84. The zero-order chi connectivity index (χ0) is 19.4. The van der Waals surface area contributed by atoms with Crippen molar-refractivity contribution in [1.29, 1.82) is 0 Å². The smallest absolute Gasteiger partial charge is 0.337 e. The van der Waals surface area contributed by atoms with Gasteiger partial charge in [-0.25, -0.2) is 14.2 Å². The summed E-state index contributed by atoms with van der Waals surface area (Å²) in [5, 5.41) is 10.4. The average molecular weight is 372 g/mol. The van der Waals surface area contributed by atoms with Crippen LogP contribution in [0, 0.1) is 5.82 Å². The van der Waals surface area contributed by atoms with Crippen LogP contribution < -0.4 is 10.3 Å². The lowest BCUT2D eigenvalue weighted by Crippen LogP contribution is -2.30. The molecule has 0 radical (unpaired) electrons. The van der Waals surface area contributed by atoms with E-state index in [0.717, 1.165) is 0 Å². The highest BCUT2D eigenvalue weighted by atomic mass is 19.1. The van der Waals surface area contributed by atoms with E-state index in [1.54, 1.807) is 24.3 Å². The molecule has 0 aliphatic carbocycles. The van der Waals surface area contributed by atoms with Gasteiger partial charge < -0.3 is 14.6 Å². The first kappa shape index (κ1) is 18.5. The normalized spacial score (nSPS) is 12.0. The molecule has 0 aliphatic rings. The SMILES string of the molecule is COC(=O)c1ccc(OC[C@H](O)Cn2cnc3cc(F)ccc3c2=O)cc1. The van der Waals surface area contributed by atoms with Crippen molar-refractivity contribution in [2.24, 2.45) is 0 Å². The highest BCUT2D eigenvalue weighted by molar-refractivity contribution is 5.89. The molecule has 3 rings (SSSR count). The molecule has 7 nitrogen and oxygen atoms in total. The van der Waals surface area contributed by atoms with Gasteiger partial charge in [0.05, 0.1) is 36.4 Å². The van der Waals surface area contributed by atoms with Crippen LogP contribution >= 0.6 is 0 Å². The van der Waals surface area contributed by atoms with Gasteiger partial charge in [-0.3, -0.25) is 9.36 Å². The quantitative estimate of drug-likeness (QED) is 0.663. The standard InChI is InChI=1S/C19H17FN2O5/c1-26-19(25)12-2-5-15(6-3-12)27-10-14(23)9-22-11-21-17-8-13(20)4-7-16(17)18(22)24/h2-8,11,14,23H,9-10H2,1H3/t14-/m1/s1. The Kier molecular flexibility index (Phi) is 5.46. The van der Waals surface area contributed by atoms with E-state index in [0.29, 0.717) is 11.3 Å². The highest BCUT2D eigenvalue weighted by Gasteiger charge is 2.11. The third-order valence-corrected chi connectivity index (χ3v) is 3.91. The van der Waals surface area contributed by atoms with E-state index < -0.39 is 17.9 Å². The van der Waals surface area contributed by atoms with Crippen LogP contribution in [-0.4, -0.2) is 40.4 Å². The summed E-state index contributed by atoms with van der Waals surface area (Å²) in [6.07, 6.45) is 0.293. The van der Waals surface area contributed by atoms with Crippen LogP contribution in [0.15, 0.2) is 53.6 Å². The van der Waals surface area contributed by atoms with Crippen molar-refractivity contribution < 1.29 is 23.8 Å². The minimum atomic E-state index is -0.970. The Bertz CT molecular complexity index is 1020. The largest absolute Gasteiger partial charge is 0.491 e. The predicted molar refractivity (Wildman–Crippen MR) is 95.2 cm³/mol. The van der Waals surface area contributed by atoms with Crippen molar-refractivity contribution in [2.75, 3.05) is 13.7 Å². The second kappa shape index (κ2) is 7.96. The number of methoxy groups -OCH3 is 1. The van der Waals surface area contributed by atoms with Crippen LogP contribution in [0.4, 0.5) is 4.39 Å². The van der Waals surface area contributed by atoms with Gasteiger partial charge in [0, 0.05) is 6.07 Å². The van der Waals surface area contributed by atoms with E-state index in [2.05, 4.69) is 9.72 Å². The first-order chi connectivity index (χ1) is 13.0. The van der Waals surface area contributed by atoms with Gasteiger partial charge in [-0.05, 0) is 36.4 Å². The molecule has 2 aromatic carbocycles. The van der Waals surface area contributed by atoms with Gasteiger partial charge in [0.1, 0.15) is 24.3 Å². The van der Waals surface area contributed by atoms with Crippen LogP contribution in [-0.2, 0) is 11.3 Å². The maximum atomic E-state index is 13.2. The molecule has 3 aromatic rings. The molecule has 27 heavy (non-hydrogen) atoms. The van der Waals surface area contributed by atoms with Crippen molar-refractivity contribution in [3.05, 3.63) is 70.5 Å². The first-order valence-corrected chi connectivity index (χ1v) is 8.12. The molecular weight excluding hydrogens is 355 g/mol. The number of hydrogen-bond donors (Lipinski definition) is 1. The number of fused-ring (bicyclic) bond motifs is 1. The topological polar surface area (TPSA) is 90.7 Å². The number of aromatic nitrogens is 2. The molecule has 0 aliphatic heterocycles. The Hall–Kier alpha value is -3.26. The van der Waals surface area contributed by atoms with Gasteiger partial charge in [0.15, 0.2) is 0 Å². The number of carbonyl (C=O) groups excluding carboxylic acids is 1. The summed E-state index contributed by atoms with van der Waals surface area (Å²) >= 11 is 0. The van der Waals surface area contributed by atoms with Gasteiger partial charge in [0.2, 0.25) is 0 Å². The molecule has 1 atom stereocenters. The molecule has 0 saturated carbocycles. The van der Waals surface area contributed by atoms with Crippen LogP contribution in [0.25, 0.3) is 10.9 Å². The lowest BCUT2D eigenvalue weighted by molar-refractivity contribution is 0.0600. The molecule has 1 aromatic heterocycles. The van der Waals surface area contributed by atoms with Crippen molar-refractivity contribution >= 4 is 16.9 Å². The molecule has 0 spiro atoms. The number of carbonyl (C=O) groups is 1. The van der Waals surface area contributed by atoms with Crippen LogP contribution in [0.1, 0.15) is 10.4 Å². The zero-order valence-electron chi connectivity index (χ0n) is 14.5. The van der Waals surface area contributed by atoms with Gasteiger partial charge >= 0.3 is 5.97 Å². The van der Waals surface area contributed by atoms with Gasteiger partial charge in [-0.2, -0.15) is 0 Å². The summed E-state index contributed by atoms with van der Waals surface area (Å²) in [7, 11) is 1.29. The Balaban J connectivity index is 1.64. The summed E-state index contributed by atoms with van der Waals surface area (Å²) < 4.78 is 24.5. The van der Waals surface area contributed by atoms with Crippen LogP contribution in [0.5, 0.6) is 5.75 Å². The minimum Gasteiger partial charge on any atom is -0.491 e. The predicted octanol–water partition coefficient (Wildman–Crippen LogP) is 1.76. The van der Waals surface area contributed by atoms with E-state index in [1.807, 2.05) is 0 Å². The molecule has 0 saturated heterocycles. The number of esters is 1. The molecule has 0 bridgehead atoms. The average Bonchev–Trinajstić information content (AvgIpc) is 2.68. The summed E-state index contributed by atoms with van der Waals surface area (Å²) in [6, 6.07) is 9.98. The third-order valence-electron chi connectivity index (χ3n) is 3.91. The number of hydrogen-bond acceptors (Lipinski definition) is 6. The maximum absolute atomic E-state index is 13.2. The number of halogens is 1. The summed E-state index contributed by atoms with van der Waals surface area (Å²) in [6.45, 7) is -0.0924. The summed E-state index contributed by atoms with van der Waals surface area (Å²) in [5.74, 6) is -0.468. The van der Waals surface area contributed by atoms with Crippen LogP contribution in [0.2, 0.25) is 0 Å². The second-order valence-electron chi connectivity index (χ2n) is 5.84. The number of aliphatic hydroxyl groups excluding tert-OH is 1. The number of benzene rings is 2. The van der Waals surface area contributed by atoms with Crippen molar-refractivity contribution in [3.8, 4) is 5.75 Å². The number of nitrogens with zero attached hydrogens (tertiary/aromatic N) is 2. The Labute approximate surface area is 153 Å². The third kappa shape index (κ3) is 4.29. The molecule has 0 unspecified atom stereocenters. The molecule has 8 heteroatoms. The van der Waals surface area contributed by atoms with Gasteiger partial charge in [-0.1, -0.05) is 0 Å². The van der Waals surface area contributed by atoms with Crippen molar-refractivity contribution in [1.82, 2.24) is 9.55 Å². The van der Waals surface area contributed by atoms with E-state index in [1.165, 1.54) is 36.2 Å². The van der Waals surface area contributed by atoms with E-state index >= 15 is 0 Å². The molecule has 1 N–H and O–H groups in total. The van der Waals surface area contributed by atoms with E-state index in [9.17, 15) is 19.1 Å². The van der Waals surface area contributed by atoms with E-state index in [4.69, 9.17) is 4.74 Å². The molecular formula is C19H17FN2O5. The van der Waals surface area contributed by atoms with E-state index in [-0.39, 0.29) is 29.6 Å². The lowest BCUT2D eigenvalue weighted by atomic mass is 10.2. The van der Waals surface area contributed by atoms with Gasteiger partial charge in [0.25, 0.3) is 5.56 Å². The molecule has 1 heterocycles. The fourth-order valence-corrected chi connectivity index (χ4v) is 2.54. The minimum absolute atomic E-state index is 0.0284. The number of ether oxygens (including phenoxy) is 2. The highest BCUT2D eigenvalue weighted by Crippen LogP contribution is 2.13. The molecule has 0 amide bonds. The fraction of sp³-hybridized carbons (Fsp3) is 0.211. The molecule has 0 fully saturated rings. The summed E-state index contributed by atoms with van der Waals surface area (Å²) in [5.41, 5.74) is 0.268. The van der Waals surface area contributed by atoms with Crippen LogP contribution in [0.3, 0.4) is 0 Å². The maximum Gasteiger partial charge on any atom is 0.337 e. The summed E-state index contributed by atoms with van der Waals surface area (Å²) in [4.78, 5) is 27.8. The number of rotatable bonds is 6. The Morgan fingerprint density at radius 3 is 2.70 bits per heavy atom. The first-order valence-electron chi connectivity index (χ1n) is 8.12. The van der Waals surface area contributed by atoms with Crippen molar-refractivity contribution in [2.45, 2.75) is 12.6 Å². The monoisotopic (exact) mass is 372 g/mol. The van der Waals surface area contributed by atoms with Crippen molar-refractivity contribution in [3.63, 3.8) is 0 Å². The zero-order valence-corrected chi connectivity index (χ0v) is 14.5. The van der Waals surface area contributed by atoms with Gasteiger partial charge in [-0.15, -0.1) is 0 Å².